The van der Waals surface area contributed by atoms with Crippen LogP contribution in [0.5, 0.6) is 0 Å². The maximum Gasteiger partial charge on any atom is 0.131 e. The van der Waals surface area contributed by atoms with Gasteiger partial charge in [-0.05, 0) is 36.6 Å². The third kappa shape index (κ3) is 3.30. The van der Waals surface area contributed by atoms with Crippen LogP contribution in [0.15, 0.2) is 54.6 Å². The number of aliphatic hydroxyl groups excluding tert-OH is 1. The van der Waals surface area contributed by atoms with E-state index in [4.69, 9.17) is 0 Å². The van der Waals surface area contributed by atoms with Crippen molar-refractivity contribution in [1.29, 1.82) is 0 Å². The summed E-state index contributed by atoms with van der Waals surface area (Å²) in [5.74, 6) is -0.248. The van der Waals surface area contributed by atoms with E-state index in [0.717, 1.165) is 16.7 Å². The lowest BCUT2D eigenvalue weighted by Gasteiger charge is -2.08. The van der Waals surface area contributed by atoms with Crippen LogP contribution in [0, 0.1) is 5.82 Å². The number of aliphatic hydroxyl groups is 1. The average molecular weight is 256 g/mol. The minimum Gasteiger partial charge on any atom is -0.389 e. The van der Waals surface area contributed by atoms with Crippen LogP contribution >= 0.6 is 0 Å². The summed E-state index contributed by atoms with van der Waals surface area (Å²) in [7, 11) is 0. The van der Waals surface area contributed by atoms with Gasteiger partial charge in [0, 0.05) is 5.56 Å². The minimum absolute atomic E-state index is 0.248. The highest BCUT2D eigenvalue weighted by atomic mass is 19.1. The molecule has 0 bridgehead atoms. The molecule has 0 aliphatic rings. The van der Waals surface area contributed by atoms with Crippen molar-refractivity contribution >= 4 is 5.57 Å². The minimum atomic E-state index is -0.531. The summed E-state index contributed by atoms with van der Waals surface area (Å²) in [5, 5.41) is 9.32. The van der Waals surface area contributed by atoms with Crippen LogP contribution in [0.25, 0.3) is 16.7 Å². The Kier molecular flexibility index (Phi) is 4.13. The quantitative estimate of drug-likeness (QED) is 0.869. The monoisotopic (exact) mass is 256 g/mol. The average Bonchev–Trinajstić information content (AvgIpc) is 2.38. The second-order valence-electron chi connectivity index (χ2n) is 4.65. The highest BCUT2D eigenvalue weighted by Crippen LogP contribution is 2.25. The zero-order valence-corrected chi connectivity index (χ0v) is 11.1. The van der Waals surface area contributed by atoms with Crippen LogP contribution in [0.2, 0.25) is 0 Å². The van der Waals surface area contributed by atoms with Crippen molar-refractivity contribution in [2.75, 3.05) is 0 Å². The molecular formula is C17H17FO. The van der Waals surface area contributed by atoms with Crippen molar-refractivity contribution in [3.63, 3.8) is 0 Å². The zero-order valence-electron chi connectivity index (χ0n) is 11.1. The Balaban J connectivity index is 2.38. The van der Waals surface area contributed by atoms with Crippen molar-refractivity contribution in [3.05, 3.63) is 66.0 Å². The van der Waals surface area contributed by atoms with Gasteiger partial charge in [-0.15, -0.1) is 0 Å². The molecule has 19 heavy (non-hydrogen) atoms. The Hall–Kier alpha value is -1.93. The highest BCUT2D eigenvalue weighted by molar-refractivity contribution is 5.70. The molecule has 0 heterocycles. The molecule has 1 atom stereocenters. The summed E-state index contributed by atoms with van der Waals surface area (Å²) in [6.45, 7) is 3.54. The number of hydrogen-bond donors (Lipinski definition) is 1. The van der Waals surface area contributed by atoms with Crippen LogP contribution in [0.1, 0.15) is 19.4 Å². The topological polar surface area (TPSA) is 20.2 Å². The predicted molar refractivity (Wildman–Crippen MR) is 77.2 cm³/mol. The standard InChI is InChI=1S/C17H17FO/c1-12(10-13(2)19)15-8-9-16(17(18)11-15)14-6-4-3-5-7-14/h3-11,13,19H,1-2H3. The van der Waals surface area contributed by atoms with E-state index >= 15 is 0 Å². The molecule has 0 radical (unpaired) electrons. The fourth-order valence-corrected chi connectivity index (χ4v) is 2.07. The lowest BCUT2D eigenvalue weighted by Crippen LogP contribution is -1.95. The molecule has 0 amide bonds. The van der Waals surface area contributed by atoms with Gasteiger partial charge in [-0.2, -0.15) is 0 Å². The maximum atomic E-state index is 14.1. The summed E-state index contributed by atoms with van der Waals surface area (Å²) < 4.78 is 14.1. The first-order chi connectivity index (χ1) is 9.08. The van der Waals surface area contributed by atoms with Gasteiger partial charge in [0.15, 0.2) is 0 Å². The molecule has 98 valence electrons. The van der Waals surface area contributed by atoms with E-state index in [2.05, 4.69) is 0 Å². The van der Waals surface area contributed by atoms with Crippen LogP contribution in [0.4, 0.5) is 4.39 Å². The van der Waals surface area contributed by atoms with Crippen LogP contribution in [-0.2, 0) is 0 Å². The fraction of sp³-hybridized carbons (Fsp3) is 0.176. The smallest absolute Gasteiger partial charge is 0.131 e. The van der Waals surface area contributed by atoms with Crippen molar-refractivity contribution in [2.45, 2.75) is 20.0 Å². The Morgan fingerprint density at radius 1 is 1.16 bits per heavy atom. The molecule has 1 nitrogen and oxygen atoms in total. The van der Waals surface area contributed by atoms with E-state index in [1.165, 1.54) is 6.07 Å². The molecule has 0 saturated carbocycles. The molecule has 0 spiro atoms. The van der Waals surface area contributed by atoms with Crippen LogP contribution in [-0.4, -0.2) is 11.2 Å². The number of allylic oxidation sites excluding steroid dienone is 1. The lowest BCUT2D eigenvalue weighted by molar-refractivity contribution is 0.244. The fourth-order valence-electron chi connectivity index (χ4n) is 2.07. The highest BCUT2D eigenvalue weighted by Gasteiger charge is 2.07. The van der Waals surface area contributed by atoms with Gasteiger partial charge in [-0.25, -0.2) is 4.39 Å². The van der Waals surface area contributed by atoms with Gasteiger partial charge in [0.1, 0.15) is 5.82 Å². The molecule has 0 aromatic heterocycles. The summed E-state index contributed by atoms with van der Waals surface area (Å²) in [6.07, 6.45) is 1.17. The summed E-state index contributed by atoms with van der Waals surface area (Å²) in [4.78, 5) is 0. The SMILES string of the molecule is CC(=CC(C)O)c1ccc(-c2ccccc2)c(F)c1. The van der Waals surface area contributed by atoms with E-state index < -0.39 is 6.10 Å². The van der Waals surface area contributed by atoms with E-state index in [9.17, 15) is 9.50 Å². The Bertz CT molecular complexity index is 585. The van der Waals surface area contributed by atoms with E-state index in [1.54, 1.807) is 19.1 Å². The molecule has 0 aliphatic carbocycles. The predicted octanol–water partition coefficient (Wildman–Crippen LogP) is 4.28. The Morgan fingerprint density at radius 3 is 2.42 bits per heavy atom. The lowest BCUT2D eigenvalue weighted by atomic mass is 10.00. The molecule has 2 aromatic carbocycles. The molecular weight excluding hydrogens is 239 g/mol. The third-order valence-electron chi connectivity index (χ3n) is 3.00. The number of hydrogen-bond acceptors (Lipinski definition) is 1. The van der Waals surface area contributed by atoms with Gasteiger partial charge in [0.2, 0.25) is 0 Å². The van der Waals surface area contributed by atoms with Gasteiger partial charge in [-0.3, -0.25) is 0 Å². The Labute approximate surface area is 113 Å². The number of benzene rings is 2. The second-order valence-corrected chi connectivity index (χ2v) is 4.65. The van der Waals surface area contributed by atoms with E-state index in [-0.39, 0.29) is 5.82 Å². The van der Waals surface area contributed by atoms with Crippen molar-refractivity contribution in [1.82, 2.24) is 0 Å². The number of halogens is 1. The van der Waals surface area contributed by atoms with Gasteiger partial charge < -0.3 is 5.11 Å². The summed E-state index contributed by atoms with van der Waals surface area (Å²) in [6, 6.07) is 14.6. The zero-order chi connectivity index (χ0) is 13.8. The summed E-state index contributed by atoms with van der Waals surface area (Å²) >= 11 is 0. The normalized spacial score (nSPS) is 13.4. The molecule has 0 saturated heterocycles. The van der Waals surface area contributed by atoms with Gasteiger partial charge in [0.05, 0.1) is 6.10 Å². The van der Waals surface area contributed by atoms with Crippen LogP contribution in [0.3, 0.4) is 0 Å². The number of rotatable bonds is 3. The molecule has 1 unspecified atom stereocenters. The third-order valence-corrected chi connectivity index (χ3v) is 3.00. The molecule has 0 aliphatic heterocycles. The van der Waals surface area contributed by atoms with Gasteiger partial charge >= 0.3 is 0 Å². The maximum absolute atomic E-state index is 14.1. The van der Waals surface area contributed by atoms with Gasteiger partial charge in [-0.1, -0.05) is 48.5 Å². The first kappa shape index (κ1) is 13.5. The molecule has 0 fully saturated rings. The van der Waals surface area contributed by atoms with Crippen molar-refractivity contribution < 1.29 is 9.50 Å². The van der Waals surface area contributed by atoms with Crippen LogP contribution < -0.4 is 0 Å². The first-order valence-corrected chi connectivity index (χ1v) is 6.30. The largest absolute Gasteiger partial charge is 0.389 e. The van der Waals surface area contributed by atoms with Crippen molar-refractivity contribution in [2.24, 2.45) is 0 Å². The molecule has 1 N–H and O–H groups in total. The Morgan fingerprint density at radius 2 is 1.84 bits per heavy atom. The molecule has 2 rings (SSSR count). The van der Waals surface area contributed by atoms with Gasteiger partial charge in [0.25, 0.3) is 0 Å². The second kappa shape index (κ2) is 5.81. The van der Waals surface area contributed by atoms with E-state index in [1.807, 2.05) is 43.3 Å². The molecule has 2 aromatic rings. The van der Waals surface area contributed by atoms with Crippen molar-refractivity contribution in [3.8, 4) is 11.1 Å². The van der Waals surface area contributed by atoms with E-state index in [0.29, 0.717) is 5.56 Å². The summed E-state index contributed by atoms with van der Waals surface area (Å²) in [5.41, 5.74) is 3.12. The first-order valence-electron chi connectivity index (χ1n) is 6.30. The molecule has 2 heteroatoms.